The lowest BCUT2D eigenvalue weighted by atomic mass is 9.83. The predicted molar refractivity (Wildman–Crippen MR) is 135 cm³/mol. The minimum atomic E-state index is -0.417. The van der Waals surface area contributed by atoms with Crippen LogP contribution in [-0.4, -0.2) is 109 Å². The monoisotopic (exact) mass is 497 g/mol. The summed E-state index contributed by atoms with van der Waals surface area (Å²) in [5.74, 6) is 1.80. The van der Waals surface area contributed by atoms with Crippen molar-refractivity contribution in [3.63, 3.8) is 0 Å². The van der Waals surface area contributed by atoms with Crippen LogP contribution < -0.4 is 14.8 Å². The summed E-state index contributed by atoms with van der Waals surface area (Å²) in [7, 11) is 4.36. The fourth-order valence-corrected chi connectivity index (χ4v) is 6.85. The van der Waals surface area contributed by atoms with E-state index in [0.717, 1.165) is 76.3 Å². The minimum Gasteiger partial charge on any atom is -0.454 e. The molecule has 9 nitrogen and oxygen atoms in total. The molecule has 6 rings (SSSR count). The average molecular weight is 498 g/mol. The fraction of sp³-hybridized carbons (Fsp3) is 0.704. The Balaban J connectivity index is 1.06. The zero-order valence-electron chi connectivity index (χ0n) is 21.6. The molecular formula is C27H39N5O4. The molecule has 1 spiro atoms. The molecule has 4 saturated heterocycles. The predicted octanol–water partition coefficient (Wildman–Crippen LogP) is 1.27. The Morgan fingerprint density at radius 2 is 1.81 bits per heavy atom. The SMILES string of the molecule is CN1CCC(N(C)[C@H]2C[C@H]3C(=O)NC4(CCN(Cc5ccc6c(c5)OCO6)CC4)CC(=O)N3C2)CC1. The lowest BCUT2D eigenvalue weighted by Crippen LogP contribution is -2.56. The summed E-state index contributed by atoms with van der Waals surface area (Å²) in [5.41, 5.74) is 0.774. The van der Waals surface area contributed by atoms with E-state index in [2.05, 4.69) is 46.2 Å². The van der Waals surface area contributed by atoms with Gasteiger partial charge in [0.1, 0.15) is 6.04 Å². The van der Waals surface area contributed by atoms with Gasteiger partial charge >= 0.3 is 0 Å². The molecule has 0 saturated carbocycles. The molecule has 0 unspecified atom stereocenters. The number of likely N-dealkylation sites (N-methyl/N-ethyl adjacent to an activating group) is 1. The number of carbonyl (C=O) groups is 2. The molecule has 1 aromatic rings. The zero-order chi connectivity index (χ0) is 24.9. The van der Waals surface area contributed by atoms with Crippen LogP contribution in [0.3, 0.4) is 0 Å². The van der Waals surface area contributed by atoms with E-state index in [0.29, 0.717) is 19.0 Å². The molecule has 4 fully saturated rings. The van der Waals surface area contributed by atoms with Crippen LogP contribution in [0.1, 0.15) is 44.1 Å². The highest BCUT2D eigenvalue weighted by molar-refractivity contribution is 5.92. The number of nitrogens with one attached hydrogen (secondary N) is 1. The third-order valence-electron chi connectivity index (χ3n) is 9.28. The number of fused-ring (bicyclic) bond motifs is 2. The van der Waals surface area contributed by atoms with Gasteiger partial charge in [-0.3, -0.25) is 19.4 Å². The van der Waals surface area contributed by atoms with E-state index >= 15 is 0 Å². The van der Waals surface area contributed by atoms with Crippen LogP contribution in [0.5, 0.6) is 11.5 Å². The van der Waals surface area contributed by atoms with E-state index in [1.54, 1.807) is 0 Å². The maximum Gasteiger partial charge on any atom is 0.243 e. The minimum absolute atomic E-state index is 0.0457. The number of nitrogens with zero attached hydrogens (tertiary/aromatic N) is 4. The van der Waals surface area contributed by atoms with Gasteiger partial charge in [-0.25, -0.2) is 0 Å². The fourth-order valence-electron chi connectivity index (χ4n) is 6.85. The van der Waals surface area contributed by atoms with Gasteiger partial charge in [-0.15, -0.1) is 0 Å². The Kier molecular flexibility index (Phi) is 6.34. The van der Waals surface area contributed by atoms with Crippen LogP contribution >= 0.6 is 0 Å². The Bertz CT molecular complexity index is 974. The van der Waals surface area contributed by atoms with Gasteiger partial charge in [-0.2, -0.15) is 0 Å². The van der Waals surface area contributed by atoms with Gasteiger partial charge in [0.25, 0.3) is 0 Å². The Labute approximate surface area is 213 Å². The first-order chi connectivity index (χ1) is 17.4. The second-order valence-electron chi connectivity index (χ2n) is 11.6. The second kappa shape index (κ2) is 9.50. The highest BCUT2D eigenvalue weighted by Crippen LogP contribution is 2.36. The van der Waals surface area contributed by atoms with E-state index < -0.39 is 5.54 Å². The van der Waals surface area contributed by atoms with E-state index in [4.69, 9.17) is 9.47 Å². The number of piperidine rings is 2. The molecule has 1 N–H and O–H groups in total. The van der Waals surface area contributed by atoms with Crippen LogP contribution in [0, 0.1) is 0 Å². The molecule has 5 aliphatic heterocycles. The van der Waals surface area contributed by atoms with Gasteiger partial charge in [-0.05, 0) is 77.0 Å². The molecular weight excluding hydrogens is 458 g/mol. The van der Waals surface area contributed by atoms with Crippen molar-refractivity contribution in [3.05, 3.63) is 23.8 Å². The highest BCUT2D eigenvalue weighted by atomic mass is 16.7. The third kappa shape index (κ3) is 4.57. The van der Waals surface area contributed by atoms with Crippen LogP contribution in [0.4, 0.5) is 0 Å². The molecule has 9 heteroatoms. The maximum absolute atomic E-state index is 13.5. The molecule has 0 aliphatic carbocycles. The number of carbonyl (C=O) groups excluding carboxylic acids is 2. The topological polar surface area (TPSA) is 77.6 Å². The molecule has 5 aliphatic rings. The van der Waals surface area contributed by atoms with Crippen LogP contribution in [0.2, 0.25) is 0 Å². The smallest absolute Gasteiger partial charge is 0.243 e. The molecule has 5 heterocycles. The van der Waals surface area contributed by atoms with Crippen molar-refractivity contribution >= 4 is 11.8 Å². The normalized spacial score (nSPS) is 29.0. The standard InChI is InChI=1S/C27H39N5O4/c1-29-9-5-20(6-10-29)30(2)21-14-22-26(34)28-27(15-25(33)32(22)17-21)7-11-31(12-8-27)16-19-3-4-23-24(13-19)36-18-35-23/h3-4,13,20-22H,5-12,14-18H2,1-2H3,(H,28,34)/t21-,22-/m0/s1. The number of benzene rings is 1. The number of likely N-dealkylation sites (tertiary alicyclic amines) is 2. The lowest BCUT2D eigenvalue weighted by Gasteiger charge is -2.41. The van der Waals surface area contributed by atoms with E-state index in [1.165, 1.54) is 5.56 Å². The number of amides is 2. The van der Waals surface area contributed by atoms with Crippen molar-refractivity contribution in [1.82, 2.24) is 24.9 Å². The Morgan fingerprint density at radius 3 is 2.58 bits per heavy atom. The number of rotatable bonds is 4. The first-order valence-corrected chi connectivity index (χ1v) is 13.5. The third-order valence-corrected chi connectivity index (χ3v) is 9.28. The van der Waals surface area contributed by atoms with Crippen molar-refractivity contribution in [2.75, 3.05) is 53.6 Å². The van der Waals surface area contributed by atoms with Crippen LogP contribution in [0.25, 0.3) is 0 Å². The molecule has 0 aromatic heterocycles. The molecule has 196 valence electrons. The molecule has 36 heavy (non-hydrogen) atoms. The van der Waals surface area contributed by atoms with Gasteiger partial charge in [0.15, 0.2) is 11.5 Å². The molecule has 2 amide bonds. The summed E-state index contributed by atoms with van der Waals surface area (Å²) in [6.45, 7) is 5.72. The Hall–Kier alpha value is -2.36. The van der Waals surface area contributed by atoms with E-state index in [1.807, 2.05) is 11.0 Å². The number of hydrogen-bond acceptors (Lipinski definition) is 7. The summed E-state index contributed by atoms with van der Waals surface area (Å²) < 4.78 is 10.9. The maximum atomic E-state index is 13.5. The summed E-state index contributed by atoms with van der Waals surface area (Å²) in [6.07, 6.45) is 5.06. The highest BCUT2D eigenvalue weighted by Gasteiger charge is 2.49. The quantitative estimate of drug-likeness (QED) is 0.671. The van der Waals surface area contributed by atoms with Gasteiger partial charge in [0, 0.05) is 38.3 Å². The summed E-state index contributed by atoms with van der Waals surface area (Å²) >= 11 is 0. The Morgan fingerprint density at radius 1 is 1.06 bits per heavy atom. The van der Waals surface area contributed by atoms with Gasteiger partial charge in [0.05, 0.1) is 12.0 Å². The van der Waals surface area contributed by atoms with Crippen molar-refractivity contribution in [3.8, 4) is 11.5 Å². The van der Waals surface area contributed by atoms with Crippen molar-refractivity contribution in [1.29, 1.82) is 0 Å². The molecule has 2 atom stereocenters. The average Bonchev–Trinajstić information content (AvgIpc) is 3.51. The lowest BCUT2D eigenvalue weighted by molar-refractivity contribution is -0.135. The second-order valence-corrected chi connectivity index (χ2v) is 11.6. The van der Waals surface area contributed by atoms with Gasteiger partial charge in [-0.1, -0.05) is 6.07 Å². The number of ether oxygens (including phenoxy) is 2. The zero-order valence-corrected chi connectivity index (χ0v) is 21.6. The molecule has 0 radical (unpaired) electrons. The first-order valence-electron chi connectivity index (χ1n) is 13.5. The van der Waals surface area contributed by atoms with Crippen molar-refractivity contribution < 1.29 is 19.1 Å². The summed E-state index contributed by atoms with van der Waals surface area (Å²) in [4.78, 5) is 36.0. The van der Waals surface area contributed by atoms with E-state index in [-0.39, 0.29) is 30.7 Å². The van der Waals surface area contributed by atoms with Crippen LogP contribution in [0.15, 0.2) is 18.2 Å². The largest absolute Gasteiger partial charge is 0.454 e. The molecule has 0 bridgehead atoms. The van der Waals surface area contributed by atoms with Crippen LogP contribution in [-0.2, 0) is 16.1 Å². The van der Waals surface area contributed by atoms with Crippen molar-refractivity contribution in [2.24, 2.45) is 0 Å². The number of hydrogen-bond donors (Lipinski definition) is 1. The summed E-state index contributed by atoms with van der Waals surface area (Å²) in [5, 5.41) is 3.37. The summed E-state index contributed by atoms with van der Waals surface area (Å²) in [6, 6.07) is 6.57. The van der Waals surface area contributed by atoms with Crippen molar-refractivity contribution in [2.45, 2.75) is 68.7 Å². The van der Waals surface area contributed by atoms with E-state index in [9.17, 15) is 9.59 Å². The molecule has 1 aromatic carbocycles. The first kappa shape index (κ1) is 24.0. The van der Waals surface area contributed by atoms with Gasteiger partial charge in [0.2, 0.25) is 18.6 Å². The van der Waals surface area contributed by atoms with Gasteiger partial charge < -0.3 is 24.6 Å².